The number of hydrogen-bond donors (Lipinski definition) is 1. The maximum absolute atomic E-state index is 14.0. The molecular weight excluding hydrogens is 450 g/mol. The van der Waals surface area contributed by atoms with Crippen LogP contribution in [0.5, 0.6) is 28.7 Å². The second kappa shape index (κ2) is 8.65. The molecule has 0 saturated carbocycles. The average molecular weight is 473 g/mol. The Morgan fingerprint density at radius 3 is 2.66 bits per heavy atom. The van der Waals surface area contributed by atoms with E-state index in [4.69, 9.17) is 29.4 Å². The Bertz CT molecular complexity index is 1470. The quantitative estimate of drug-likeness (QED) is 0.600. The summed E-state index contributed by atoms with van der Waals surface area (Å²) in [7, 11) is 3.03. The van der Waals surface area contributed by atoms with Crippen LogP contribution in [0.2, 0.25) is 0 Å². The Hall–Kier alpha value is -4.58. The summed E-state index contributed by atoms with van der Waals surface area (Å²) in [4.78, 5) is 14.0. The van der Waals surface area contributed by atoms with Gasteiger partial charge in [-0.05, 0) is 30.7 Å². The van der Waals surface area contributed by atoms with Crippen molar-refractivity contribution in [3.8, 4) is 34.8 Å². The first-order chi connectivity index (χ1) is 17.0. The molecule has 2 aliphatic rings. The molecule has 0 unspecified atom stereocenters. The number of aromatic nitrogens is 1. The fourth-order valence-corrected chi connectivity index (χ4v) is 4.55. The van der Waals surface area contributed by atoms with Gasteiger partial charge in [-0.15, -0.1) is 0 Å². The third-order valence-electron chi connectivity index (χ3n) is 6.21. The highest BCUT2D eigenvalue weighted by molar-refractivity contribution is 5.61. The van der Waals surface area contributed by atoms with Crippen LogP contribution in [-0.4, -0.2) is 25.6 Å². The largest absolute Gasteiger partial charge is 0.493 e. The molecule has 0 bridgehead atoms. The maximum atomic E-state index is 14.0. The van der Waals surface area contributed by atoms with Gasteiger partial charge in [0.1, 0.15) is 17.4 Å². The van der Waals surface area contributed by atoms with E-state index in [0.29, 0.717) is 45.6 Å². The van der Waals surface area contributed by atoms with Crippen LogP contribution in [0.4, 0.5) is 0 Å². The van der Waals surface area contributed by atoms with Gasteiger partial charge in [-0.25, -0.2) is 0 Å². The minimum atomic E-state index is -0.801. The molecule has 2 N–H and O–H groups in total. The summed E-state index contributed by atoms with van der Waals surface area (Å²) in [6.45, 7) is 2.28. The van der Waals surface area contributed by atoms with Crippen molar-refractivity contribution in [3.05, 3.63) is 86.7 Å². The summed E-state index contributed by atoms with van der Waals surface area (Å²) < 4.78 is 29.3. The molecule has 2 aromatic carbocycles. The monoisotopic (exact) mass is 473 g/mol. The molecule has 2 aliphatic heterocycles. The molecule has 3 aromatic rings. The minimum Gasteiger partial charge on any atom is -0.493 e. The summed E-state index contributed by atoms with van der Waals surface area (Å²) in [5, 5.41) is 9.97. The zero-order valence-corrected chi connectivity index (χ0v) is 19.5. The van der Waals surface area contributed by atoms with Gasteiger partial charge in [-0.1, -0.05) is 18.2 Å². The Morgan fingerprint density at radius 1 is 1.11 bits per heavy atom. The van der Waals surface area contributed by atoms with Crippen molar-refractivity contribution < 1.29 is 23.7 Å². The van der Waals surface area contributed by atoms with Crippen molar-refractivity contribution in [2.24, 2.45) is 5.73 Å². The molecule has 3 heterocycles. The average Bonchev–Trinajstić information content (AvgIpc) is 3.33. The van der Waals surface area contributed by atoms with E-state index in [-0.39, 0.29) is 30.4 Å². The number of nitrogens with zero attached hydrogens (tertiary/aromatic N) is 2. The van der Waals surface area contributed by atoms with Crippen LogP contribution in [0.1, 0.15) is 28.3 Å². The van der Waals surface area contributed by atoms with Crippen molar-refractivity contribution in [2.75, 3.05) is 21.0 Å². The van der Waals surface area contributed by atoms with E-state index < -0.39 is 5.92 Å². The highest BCUT2D eigenvalue weighted by atomic mass is 16.7. The Kier molecular flexibility index (Phi) is 5.49. The van der Waals surface area contributed by atoms with E-state index in [0.717, 1.165) is 5.56 Å². The second-order valence-corrected chi connectivity index (χ2v) is 8.15. The van der Waals surface area contributed by atoms with Crippen molar-refractivity contribution in [1.29, 1.82) is 5.26 Å². The Balaban J connectivity index is 1.69. The number of benzene rings is 2. The number of pyridine rings is 1. The second-order valence-electron chi connectivity index (χ2n) is 8.15. The van der Waals surface area contributed by atoms with E-state index in [1.807, 2.05) is 25.1 Å². The lowest BCUT2D eigenvalue weighted by molar-refractivity contribution is 0.174. The van der Waals surface area contributed by atoms with Crippen molar-refractivity contribution in [2.45, 2.75) is 19.4 Å². The number of hydrogen-bond acceptors (Lipinski definition) is 8. The highest BCUT2D eigenvalue weighted by Gasteiger charge is 2.36. The summed E-state index contributed by atoms with van der Waals surface area (Å²) in [5.41, 5.74) is 8.38. The molecule has 0 amide bonds. The van der Waals surface area contributed by atoms with E-state index in [2.05, 4.69) is 6.07 Å². The van der Waals surface area contributed by atoms with Crippen LogP contribution in [0.25, 0.3) is 0 Å². The normalized spacial score (nSPS) is 15.8. The van der Waals surface area contributed by atoms with Gasteiger partial charge in [0.25, 0.3) is 5.56 Å². The summed E-state index contributed by atoms with van der Waals surface area (Å²) in [6, 6.07) is 14.7. The van der Waals surface area contributed by atoms with Crippen LogP contribution in [-0.2, 0) is 6.54 Å². The van der Waals surface area contributed by atoms with Gasteiger partial charge in [-0.2, -0.15) is 5.26 Å². The zero-order valence-electron chi connectivity index (χ0n) is 19.5. The van der Waals surface area contributed by atoms with Gasteiger partial charge < -0.3 is 34.0 Å². The zero-order chi connectivity index (χ0) is 24.7. The SMILES string of the molecule is COc1cccc([C@H]2C(C#N)=C(N)Oc3cc(C)n(Cc4ccc5c(c4)OCO5)c(=O)c32)c1OC. The van der Waals surface area contributed by atoms with Crippen LogP contribution in [0.3, 0.4) is 0 Å². The lowest BCUT2D eigenvalue weighted by Gasteiger charge is -2.28. The topological polar surface area (TPSA) is 118 Å². The maximum Gasteiger partial charge on any atom is 0.259 e. The molecule has 1 atom stereocenters. The molecule has 0 spiro atoms. The Labute approximate surface area is 201 Å². The smallest absolute Gasteiger partial charge is 0.259 e. The van der Waals surface area contributed by atoms with Gasteiger partial charge >= 0.3 is 0 Å². The molecular formula is C26H23N3O6. The number of fused-ring (bicyclic) bond motifs is 2. The molecule has 9 nitrogen and oxygen atoms in total. The summed E-state index contributed by atoms with van der Waals surface area (Å²) in [6.07, 6.45) is 0. The molecule has 0 fully saturated rings. The first-order valence-electron chi connectivity index (χ1n) is 10.9. The lowest BCUT2D eigenvalue weighted by Crippen LogP contribution is -2.33. The molecule has 5 rings (SSSR count). The molecule has 178 valence electrons. The predicted molar refractivity (Wildman–Crippen MR) is 126 cm³/mol. The summed E-state index contributed by atoms with van der Waals surface area (Å²) in [5.74, 6) is 1.64. The molecule has 0 aliphatic carbocycles. The fourth-order valence-electron chi connectivity index (χ4n) is 4.55. The van der Waals surface area contributed by atoms with Gasteiger partial charge in [0.2, 0.25) is 12.7 Å². The molecule has 9 heteroatoms. The molecule has 35 heavy (non-hydrogen) atoms. The van der Waals surface area contributed by atoms with Crippen LogP contribution in [0, 0.1) is 18.3 Å². The van der Waals surface area contributed by atoms with E-state index in [9.17, 15) is 10.1 Å². The van der Waals surface area contributed by atoms with Crippen molar-refractivity contribution >= 4 is 0 Å². The van der Waals surface area contributed by atoms with Crippen molar-refractivity contribution in [3.63, 3.8) is 0 Å². The standard InChI is InChI=1S/C26H23N3O6/c1-14-9-21-23(26(30)29(14)12-15-7-8-18-20(10-15)34-13-33-18)22(17(11-27)25(28)35-21)16-5-4-6-19(31-2)24(16)32-3/h4-10,22H,12-13,28H2,1-3H3/t22-/m0/s1. The number of methoxy groups -OCH3 is 2. The van der Waals surface area contributed by atoms with E-state index >= 15 is 0 Å². The molecule has 0 radical (unpaired) electrons. The third-order valence-corrected chi connectivity index (χ3v) is 6.21. The van der Waals surface area contributed by atoms with Crippen LogP contribution >= 0.6 is 0 Å². The van der Waals surface area contributed by atoms with Gasteiger partial charge in [0, 0.05) is 17.3 Å². The van der Waals surface area contributed by atoms with Crippen LogP contribution < -0.4 is 35.0 Å². The summed E-state index contributed by atoms with van der Waals surface area (Å²) >= 11 is 0. The van der Waals surface area contributed by atoms with E-state index in [1.165, 1.54) is 14.2 Å². The predicted octanol–water partition coefficient (Wildman–Crippen LogP) is 3.17. The third kappa shape index (κ3) is 3.60. The molecule has 1 aromatic heterocycles. The number of allylic oxidation sites excluding steroid dienone is 1. The number of nitriles is 1. The lowest BCUT2D eigenvalue weighted by atomic mass is 9.83. The van der Waals surface area contributed by atoms with Crippen molar-refractivity contribution in [1.82, 2.24) is 4.57 Å². The van der Waals surface area contributed by atoms with E-state index in [1.54, 1.807) is 28.8 Å². The Morgan fingerprint density at radius 2 is 1.91 bits per heavy atom. The first-order valence-corrected chi connectivity index (χ1v) is 10.9. The number of nitrogens with two attached hydrogens (primary N) is 1. The number of ether oxygens (including phenoxy) is 5. The fraction of sp³-hybridized carbons (Fsp3) is 0.231. The van der Waals surface area contributed by atoms with Crippen LogP contribution in [0.15, 0.2) is 58.7 Å². The number of rotatable bonds is 5. The molecule has 0 saturated heterocycles. The van der Waals surface area contributed by atoms with Gasteiger partial charge in [0.15, 0.2) is 23.0 Å². The highest BCUT2D eigenvalue weighted by Crippen LogP contribution is 2.46. The number of para-hydroxylation sites is 1. The minimum absolute atomic E-state index is 0.0535. The number of aryl methyl sites for hydroxylation is 1. The van der Waals surface area contributed by atoms with Gasteiger partial charge in [-0.3, -0.25) is 4.79 Å². The first kappa shape index (κ1) is 22.2. The van der Waals surface area contributed by atoms with Gasteiger partial charge in [0.05, 0.1) is 32.2 Å².